The number of carbonyl (C=O) groups is 1. The van der Waals surface area contributed by atoms with Crippen LogP contribution in [0.5, 0.6) is 0 Å². The van der Waals surface area contributed by atoms with Crippen LogP contribution in [0.1, 0.15) is 11.1 Å². The van der Waals surface area contributed by atoms with Gasteiger partial charge in [0.1, 0.15) is 0 Å². The second kappa shape index (κ2) is 6.60. The predicted molar refractivity (Wildman–Crippen MR) is 78.5 cm³/mol. The lowest BCUT2D eigenvalue weighted by molar-refractivity contribution is -0.120. The lowest BCUT2D eigenvalue weighted by Gasteiger charge is -2.06. The summed E-state index contributed by atoms with van der Waals surface area (Å²) in [5.74, 6) is -0.0396. The molecule has 0 saturated carbocycles. The Bertz CT molecular complexity index is 570. The van der Waals surface area contributed by atoms with Gasteiger partial charge in [0.2, 0.25) is 5.91 Å². The maximum Gasteiger partial charge on any atom is 0.224 e. The van der Waals surface area contributed by atoms with E-state index >= 15 is 0 Å². The Labute approximate surface area is 122 Å². The van der Waals surface area contributed by atoms with Gasteiger partial charge in [0.15, 0.2) is 0 Å². The van der Waals surface area contributed by atoms with Crippen molar-refractivity contribution in [1.82, 2.24) is 5.32 Å². The van der Waals surface area contributed by atoms with Gasteiger partial charge < -0.3 is 5.32 Å². The lowest BCUT2D eigenvalue weighted by atomic mass is 10.1. The van der Waals surface area contributed by atoms with Crippen LogP contribution in [0.3, 0.4) is 0 Å². The van der Waals surface area contributed by atoms with Crippen molar-refractivity contribution in [3.63, 3.8) is 0 Å². The van der Waals surface area contributed by atoms with Gasteiger partial charge in [-0.1, -0.05) is 59.6 Å². The first kappa shape index (κ1) is 13.9. The number of halogens is 2. The summed E-state index contributed by atoms with van der Waals surface area (Å²) in [6.07, 6.45) is 0.295. The standard InChI is InChI=1S/C15H13Cl2NO/c16-13-7-6-12(8-14(13)17)9-15(19)18-10-11-4-2-1-3-5-11/h1-8H,9-10H2,(H,18,19). The minimum Gasteiger partial charge on any atom is -0.352 e. The highest BCUT2D eigenvalue weighted by molar-refractivity contribution is 6.42. The Kier molecular flexibility index (Phi) is 4.83. The largest absolute Gasteiger partial charge is 0.352 e. The topological polar surface area (TPSA) is 29.1 Å². The molecule has 1 N–H and O–H groups in total. The zero-order chi connectivity index (χ0) is 13.7. The molecule has 2 nitrogen and oxygen atoms in total. The third-order valence-corrected chi connectivity index (χ3v) is 3.42. The summed E-state index contributed by atoms with van der Waals surface area (Å²) in [5, 5.41) is 3.83. The van der Waals surface area contributed by atoms with Crippen molar-refractivity contribution in [3.8, 4) is 0 Å². The number of hydrogen-bond donors (Lipinski definition) is 1. The fourth-order valence-electron chi connectivity index (χ4n) is 1.69. The number of carbonyl (C=O) groups excluding carboxylic acids is 1. The molecule has 0 fully saturated rings. The fraction of sp³-hybridized carbons (Fsp3) is 0.133. The van der Waals surface area contributed by atoms with E-state index in [1.54, 1.807) is 18.2 Å². The molecule has 0 aliphatic rings. The molecule has 19 heavy (non-hydrogen) atoms. The van der Waals surface area contributed by atoms with Gasteiger partial charge in [0, 0.05) is 6.54 Å². The van der Waals surface area contributed by atoms with Gasteiger partial charge in [-0.3, -0.25) is 4.79 Å². The molecule has 98 valence electrons. The van der Waals surface area contributed by atoms with Crippen LogP contribution in [0.4, 0.5) is 0 Å². The van der Waals surface area contributed by atoms with Crippen LogP contribution in [-0.2, 0) is 17.8 Å². The Morgan fingerprint density at radius 3 is 2.37 bits per heavy atom. The molecule has 2 aromatic carbocycles. The molecule has 0 bridgehead atoms. The van der Waals surface area contributed by atoms with Gasteiger partial charge in [0.05, 0.1) is 16.5 Å². The summed E-state index contributed by atoms with van der Waals surface area (Å²) in [5.41, 5.74) is 1.92. The smallest absolute Gasteiger partial charge is 0.224 e. The van der Waals surface area contributed by atoms with Crippen molar-refractivity contribution in [1.29, 1.82) is 0 Å². The quantitative estimate of drug-likeness (QED) is 0.911. The highest BCUT2D eigenvalue weighted by atomic mass is 35.5. The van der Waals surface area contributed by atoms with E-state index < -0.39 is 0 Å². The number of amides is 1. The molecule has 0 spiro atoms. The number of benzene rings is 2. The molecule has 0 saturated heterocycles. The van der Waals surface area contributed by atoms with E-state index in [0.29, 0.717) is 23.0 Å². The van der Waals surface area contributed by atoms with Crippen LogP contribution in [0, 0.1) is 0 Å². The average Bonchev–Trinajstić information content (AvgIpc) is 2.42. The van der Waals surface area contributed by atoms with Crippen LogP contribution >= 0.6 is 23.2 Å². The molecule has 0 unspecified atom stereocenters. The van der Waals surface area contributed by atoms with Gasteiger partial charge in [-0.2, -0.15) is 0 Å². The Morgan fingerprint density at radius 1 is 0.947 bits per heavy atom. The molecular weight excluding hydrogens is 281 g/mol. The highest BCUT2D eigenvalue weighted by Gasteiger charge is 2.05. The van der Waals surface area contributed by atoms with Crippen molar-refractivity contribution in [2.45, 2.75) is 13.0 Å². The Morgan fingerprint density at radius 2 is 1.68 bits per heavy atom. The van der Waals surface area contributed by atoms with Crippen molar-refractivity contribution in [2.75, 3.05) is 0 Å². The molecule has 0 heterocycles. The SMILES string of the molecule is O=C(Cc1ccc(Cl)c(Cl)c1)NCc1ccccc1. The van der Waals surface area contributed by atoms with E-state index in [0.717, 1.165) is 11.1 Å². The molecule has 0 atom stereocenters. The summed E-state index contributed by atoms with van der Waals surface area (Å²) >= 11 is 11.7. The van der Waals surface area contributed by atoms with Gasteiger partial charge in [-0.15, -0.1) is 0 Å². The zero-order valence-corrected chi connectivity index (χ0v) is 11.7. The van der Waals surface area contributed by atoms with Gasteiger partial charge in [-0.25, -0.2) is 0 Å². The molecule has 2 rings (SSSR count). The van der Waals surface area contributed by atoms with Crippen molar-refractivity contribution >= 4 is 29.1 Å². The summed E-state index contributed by atoms with van der Waals surface area (Å²) in [6.45, 7) is 0.529. The van der Waals surface area contributed by atoms with Crippen LogP contribution < -0.4 is 5.32 Å². The number of nitrogens with one attached hydrogen (secondary N) is 1. The van der Waals surface area contributed by atoms with E-state index in [1.807, 2.05) is 30.3 Å². The van der Waals surface area contributed by atoms with Crippen LogP contribution in [0.2, 0.25) is 10.0 Å². The first-order valence-electron chi connectivity index (χ1n) is 5.90. The molecule has 0 aliphatic carbocycles. The minimum absolute atomic E-state index is 0.0396. The molecule has 0 radical (unpaired) electrons. The second-order valence-corrected chi connectivity index (χ2v) is 5.00. The van der Waals surface area contributed by atoms with E-state index in [-0.39, 0.29) is 5.91 Å². The number of hydrogen-bond acceptors (Lipinski definition) is 1. The minimum atomic E-state index is -0.0396. The monoisotopic (exact) mass is 293 g/mol. The summed E-state index contributed by atoms with van der Waals surface area (Å²) in [4.78, 5) is 11.8. The summed E-state index contributed by atoms with van der Waals surface area (Å²) in [6, 6.07) is 15.0. The van der Waals surface area contributed by atoms with Gasteiger partial charge in [-0.05, 0) is 23.3 Å². The second-order valence-electron chi connectivity index (χ2n) is 4.19. The maximum atomic E-state index is 11.8. The predicted octanol–water partition coefficient (Wildman–Crippen LogP) is 3.85. The first-order valence-corrected chi connectivity index (χ1v) is 6.65. The molecular formula is C15H13Cl2NO. The van der Waals surface area contributed by atoms with Gasteiger partial charge in [0.25, 0.3) is 0 Å². The van der Waals surface area contributed by atoms with Crippen LogP contribution in [0.15, 0.2) is 48.5 Å². The van der Waals surface area contributed by atoms with Crippen molar-refractivity contribution in [2.24, 2.45) is 0 Å². The Balaban J connectivity index is 1.89. The third-order valence-electron chi connectivity index (χ3n) is 2.68. The van der Waals surface area contributed by atoms with Crippen molar-refractivity contribution < 1.29 is 4.79 Å². The molecule has 0 aliphatic heterocycles. The van der Waals surface area contributed by atoms with Crippen molar-refractivity contribution in [3.05, 3.63) is 69.7 Å². The third kappa shape index (κ3) is 4.27. The molecule has 0 aromatic heterocycles. The van der Waals surface area contributed by atoms with E-state index in [4.69, 9.17) is 23.2 Å². The first-order chi connectivity index (χ1) is 9.15. The normalized spacial score (nSPS) is 10.2. The van der Waals surface area contributed by atoms with E-state index in [9.17, 15) is 4.79 Å². The van der Waals surface area contributed by atoms with Crippen LogP contribution in [0.25, 0.3) is 0 Å². The fourth-order valence-corrected chi connectivity index (χ4v) is 2.01. The lowest BCUT2D eigenvalue weighted by Crippen LogP contribution is -2.24. The molecule has 4 heteroatoms. The van der Waals surface area contributed by atoms with E-state index in [2.05, 4.69) is 5.32 Å². The average molecular weight is 294 g/mol. The Hall–Kier alpha value is -1.51. The van der Waals surface area contributed by atoms with Gasteiger partial charge >= 0.3 is 0 Å². The highest BCUT2D eigenvalue weighted by Crippen LogP contribution is 2.22. The molecule has 1 amide bonds. The van der Waals surface area contributed by atoms with E-state index in [1.165, 1.54) is 0 Å². The molecule has 2 aromatic rings. The zero-order valence-electron chi connectivity index (χ0n) is 10.2. The summed E-state index contributed by atoms with van der Waals surface area (Å²) in [7, 11) is 0. The van der Waals surface area contributed by atoms with Crippen LogP contribution in [-0.4, -0.2) is 5.91 Å². The number of rotatable bonds is 4. The maximum absolute atomic E-state index is 11.8. The summed E-state index contributed by atoms with van der Waals surface area (Å²) < 4.78 is 0.